The van der Waals surface area contributed by atoms with Gasteiger partial charge in [-0.05, 0) is 55.2 Å². The molecule has 10 heteroatoms. The van der Waals surface area contributed by atoms with E-state index in [1.165, 1.54) is 12.1 Å². The van der Waals surface area contributed by atoms with Gasteiger partial charge >= 0.3 is 12.1 Å². The van der Waals surface area contributed by atoms with Crippen LogP contribution in [0, 0.1) is 6.92 Å². The zero-order chi connectivity index (χ0) is 26.0. The van der Waals surface area contributed by atoms with Crippen molar-refractivity contribution in [3.8, 4) is 34.0 Å². The third kappa shape index (κ3) is 6.18. The standard InChI is InChI=1S/C27H24F3N3O3.ClH/c1-15-6-4-5-7-21(15)22-13-12-20(14-23(22)27(28,29)30)25-32-24(33-36-25)19-10-8-18(9-11-19)16(2)31-17(3)26(34)35;/h4-14,16-17,31H,1-3H3,(H,34,35);1H/t16-,17+;/m0./s1. The van der Waals surface area contributed by atoms with E-state index in [1.807, 2.05) is 6.92 Å². The van der Waals surface area contributed by atoms with Gasteiger partial charge in [0.15, 0.2) is 0 Å². The van der Waals surface area contributed by atoms with Gasteiger partial charge in [0.1, 0.15) is 6.04 Å². The minimum atomic E-state index is -4.57. The molecule has 194 valence electrons. The number of carboxylic acids is 1. The van der Waals surface area contributed by atoms with Crippen LogP contribution < -0.4 is 5.32 Å². The number of hydrogen-bond acceptors (Lipinski definition) is 5. The Hall–Kier alpha value is -3.69. The molecule has 4 aromatic rings. The van der Waals surface area contributed by atoms with Crippen molar-refractivity contribution >= 4 is 18.4 Å². The quantitative estimate of drug-likeness (QED) is 0.268. The summed E-state index contributed by atoms with van der Waals surface area (Å²) < 4.78 is 47.2. The summed E-state index contributed by atoms with van der Waals surface area (Å²) in [5.41, 5.74) is 2.17. The Kier molecular flexibility index (Phi) is 8.40. The molecular weight excluding hydrogens is 507 g/mol. The van der Waals surface area contributed by atoms with Crippen LogP contribution in [0.25, 0.3) is 34.0 Å². The number of halogens is 4. The SMILES string of the molecule is Cc1ccccc1-c1ccc(-c2nc(-c3ccc([C@H](C)N[C@H](C)C(=O)O)cc3)no2)cc1C(F)(F)F.Cl. The fourth-order valence-corrected chi connectivity index (χ4v) is 3.94. The van der Waals surface area contributed by atoms with Crippen molar-refractivity contribution < 1.29 is 27.6 Å². The Labute approximate surface area is 217 Å². The van der Waals surface area contributed by atoms with E-state index in [-0.39, 0.29) is 41.3 Å². The molecule has 0 bridgehead atoms. The highest BCUT2D eigenvalue weighted by Gasteiger charge is 2.34. The number of nitrogens with zero attached hydrogens (tertiary/aromatic N) is 2. The number of aromatic nitrogens is 2. The Balaban J connectivity index is 0.00000380. The molecular formula is C27H25ClF3N3O3. The van der Waals surface area contributed by atoms with Crippen LogP contribution in [0.5, 0.6) is 0 Å². The van der Waals surface area contributed by atoms with E-state index in [4.69, 9.17) is 9.63 Å². The molecule has 1 aromatic heterocycles. The first-order valence-electron chi connectivity index (χ1n) is 11.2. The highest BCUT2D eigenvalue weighted by Crippen LogP contribution is 2.40. The van der Waals surface area contributed by atoms with Crippen molar-refractivity contribution in [1.82, 2.24) is 15.5 Å². The van der Waals surface area contributed by atoms with Gasteiger partial charge in [0.25, 0.3) is 5.89 Å². The van der Waals surface area contributed by atoms with Crippen molar-refractivity contribution in [3.05, 3.63) is 83.4 Å². The number of benzene rings is 3. The first-order chi connectivity index (χ1) is 17.0. The minimum absolute atomic E-state index is 0. The van der Waals surface area contributed by atoms with Crippen molar-refractivity contribution in [3.63, 3.8) is 0 Å². The lowest BCUT2D eigenvalue weighted by atomic mass is 9.94. The molecule has 0 saturated carbocycles. The molecule has 3 aromatic carbocycles. The Bertz CT molecular complexity index is 1390. The number of alkyl halides is 3. The van der Waals surface area contributed by atoms with Gasteiger partial charge < -0.3 is 9.63 Å². The smallest absolute Gasteiger partial charge is 0.417 e. The number of carboxylic acid groups (broad SMARTS) is 1. The second-order valence-corrected chi connectivity index (χ2v) is 8.57. The molecule has 2 atom stereocenters. The van der Waals surface area contributed by atoms with Gasteiger partial charge in [-0.1, -0.05) is 59.8 Å². The van der Waals surface area contributed by atoms with Crippen LogP contribution in [0.4, 0.5) is 13.2 Å². The van der Waals surface area contributed by atoms with Gasteiger partial charge in [-0.25, -0.2) is 0 Å². The normalized spacial score (nSPS) is 13.0. The number of aliphatic carboxylic acids is 1. The third-order valence-electron chi connectivity index (χ3n) is 5.97. The molecule has 0 saturated heterocycles. The number of nitrogens with one attached hydrogen (secondary N) is 1. The summed E-state index contributed by atoms with van der Waals surface area (Å²) in [6.07, 6.45) is -4.57. The predicted molar refractivity (Wildman–Crippen MR) is 136 cm³/mol. The van der Waals surface area contributed by atoms with Crippen LogP contribution in [0.3, 0.4) is 0 Å². The fourth-order valence-electron chi connectivity index (χ4n) is 3.94. The zero-order valence-corrected chi connectivity index (χ0v) is 21.0. The highest BCUT2D eigenvalue weighted by molar-refractivity contribution is 5.85. The lowest BCUT2D eigenvalue weighted by molar-refractivity contribution is -0.139. The van der Waals surface area contributed by atoms with Crippen LogP contribution in [0.15, 0.2) is 71.3 Å². The van der Waals surface area contributed by atoms with E-state index in [9.17, 15) is 18.0 Å². The molecule has 2 N–H and O–H groups in total. The number of carbonyl (C=O) groups is 1. The van der Waals surface area contributed by atoms with Crippen molar-refractivity contribution in [2.45, 2.75) is 39.0 Å². The van der Waals surface area contributed by atoms with Crippen LogP contribution in [-0.2, 0) is 11.0 Å². The summed E-state index contributed by atoms with van der Waals surface area (Å²) in [5.74, 6) is -0.743. The topological polar surface area (TPSA) is 88.2 Å². The molecule has 4 rings (SSSR count). The number of rotatable bonds is 7. The Morgan fingerprint density at radius 2 is 1.62 bits per heavy atom. The van der Waals surface area contributed by atoms with Crippen LogP contribution in [0.1, 0.15) is 36.6 Å². The van der Waals surface area contributed by atoms with E-state index in [1.54, 1.807) is 62.4 Å². The largest absolute Gasteiger partial charge is 0.480 e. The number of aryl methyl sites for hydroxylation is 1. The summed E-state index contributed by atoms with van der Waals surface area (Å²) in [7, 11) is 0. The van der Waals surface area contributed by atoms with Crippen LogP contribution >= 0.6 is 12.4 Å². The second-order valence-electron chi connectivity index (χ2n) is 8.57. The van der Waals surface area contributed by atoms with E-state index in [0.717, 1.165) is 17.2 Å². The summed E-state index contributed by atoms with van der Waals surface area (Å²) in [5, 5.41) is 16.0. The summed E-state index contributed by atoms with van der Waals surface area (Å²) >= 11 is 0. The summed E-state index contributed by atoms with van der Waals surface area (Å²) in [6, 6.07) is 17.1. The lowest BCUT2D eigenvalue weighted by Crippen LogP contribution is -2.35. The van der Waals surface area contributed by atoms with Gasteiger partial charge in [0.05, 0.1) is 5.56 Å². The van der Waals surface area contributed by atoms with Gasteiger partial charge in [0, 0.05) is 17.2 Å². The predicted octanol–water partition coefficient (Wildman–Crippen LogP) is 6.94. The maximum absolute atomic E-state index is 14.0. The molecule has 0 aliphatic heterocycles. The first kappa shape index (κ1) is 27.9. The summed E-state index contributed by atoms with van der Waals surface area (Å²) in [4.78, 5) is 15.4. The first-order valence-corrected chi connectivity index (χ1v) is 11.2. The van der Waals surface area contributed by atoms with Crippen molar-refractivity contribution in [1.29, 1.82) is 0 Å². The van der Waals surface area contributed by atoms with Crippen LogP contribution in [0.2, 0.25) is 0 Å². The maximum Gasteiger partial charge on any atom is 0.417 e. The summed E-state index contributed by atoms with van der Waals surface area (Å²) in [6.45, 7) is 5.17. The molecule has 0 aliphatic rings. The highest BCUT2D eigenvalue weighted by atomic mass is 35.5. The molecule has 37 heavy (non-hydrogen) atoms. The van der Waals surface area contributed by atoms with E-state index < -0.39 is 23.8 Å². The van der Waals surface area contributed by atoms with Gasteiger partial charge in [-0.15, -0.1) is 12.4 Å². The molecule has 0 spiro atoms. The molecule has 6 nitrogen and oxygen atoms in total. The van der Waals surface area contributed by atoms with Crippen molar-refractivity contribution in [2.75, 3.05) is 0 Å². The molecule has 0 amide bonds. The van der Waals surface area contributed by atoms with Crippen LogP contribution in [-0.4, -0.2) is 27.3 Å². The maximum atomic E-state index is 14.0. The lowest BCUT2D eigenvalue weighted by Gasteiger charge is -2.17. The van der Waals surface area contributed by atoms with E-state index >= 15 is 0 Å². The minimum Gasteiger partial charge on any atom is -0.480 e. The molecule has 0 fully saturated rings. The van der Waals surface area contributed by atoms with E-state index in [0.29, 0.717) is 11.1 Å². The van der Waals surface area contributed by atoms with Gasteiger partial charge in [0.2, 0.25) is 5.82 Å². The average molecular weight is 532 g/mol. The van der Waals surface area contributed by atoms with Gasteiger partial charge in [-0.3, -0.25) is 10.1 Å². The fraction of sp³-hybridized carbons (Fsp3) is 0.222. The molecule has 0 radical (unpaired) electrons. The molecule has 0 aliphatic carbocycles. The van der Waals surface area contributed by atoms with Crippen molar-refractivity contribution in [2.24, 2.45) is 0 Å². The van der Waals surface area contributed by atoms with E-state index in [2.05, 4.69) is 15.5 Å². The van der Waals surface area contributed by atoms with Gasteiger partial charge in [-0.2, -0.15) is 18.2 Å². The second kappa shape index (κ2) is 11.1. The average Bonchev–Trinajstić information content (AvgIpc) is 3.34. The monoisotopic (exact) mass is 531 g/mol. The Morgan fingerprint density at radius 1 is 0.973 bits per heavy atom. The zero-order valence-electron chi connectivity index (χ0n) is 20.2. The Morgan fingerprint density at radius 3 is 2.24 bits per heavy atom. The molecule has 0 unspecified atom stereocenters. The number of hydrogen-bond donors (Lipinski definition) is 2. The molecule has 1 heterocycles. The third-order valence-corrected chi connectivity index (χ3v) is 5.97.